The van der Waals surface area contributed by atoms with Crippen molar-refractivity contribution in [1.82, 2.24) is 14.4 Å². The third-order valence-electron chi connectivity index (χ3n) is 1.39. The molecule has 1 N–H and O–H groups in total. The Morgan fingerprint density at radius 1 is 1.58 bits per heavy atom. The minimum absolute atomic E-state index is 0. The van der Waals surface area contributed by atoms with E-state index < -0.39 is 0 Å². The highest BCUT2D eigenvalue weighted by Gasteiger charge is 2.00. The predicted molar refractivity (Wildman–Crippen MR) is 50.8 cm³/mol. The number of aromatic nitrogens is 3. The van der Waals surface area contributed by atoms with E-state index in [0.29, 0.717) is 10.3 Å². The summed E-state index contributed by atoms with van der Waals surface area (Å²) in [6, 6.07) is 1.73. The Morgan fingerprint density at radius 3 is 3.00 bits per heavy atom. The first-order valence-corrected chi connectivity index (χ1v) is 3.79. The van der Waals surface area contributed by atoms with Gasteiger partial charge >= 0.3 is 5.69 Å². The molecule has 0 aliphatic heterocycles. The Bertz CT molecular complexity index is 449. The Labute approximate surface area is 82.2 Å². The zero-order valence-corrected chi connectivity index (χ0v) is 8.22. The lowest BCUT2D eigenvalue weighted by molar-refractivity contribution is 0.985. The Hall–Kier alpha value is -0.810. The topological polar surface area (TPSA) is 50.2 Å². The van der Waals surface area contributed by atoms with E-state index in [4.69, 9.17) is 0 Å². The molecule has 0 radical (unpaired) electrons. The molecule has 64 valence electrons. The van der Waals surface area contributed by atoms with Gasteiger partial charge in [0.2, 0.25) is 0 Å². The predicted octanol–water partition coefficient (Wildman–Crippen LogP) is 1.21. The van der Waals surface area contributed by atoms with Gasteiger partial charge in [0.05, 0.1) is 6.20 Å². The molecule has 0 unspecified atom stereocenters. The van der Waals surface area contributed by atoms with Crippen molar-refractivity contribution in [2.24, 2.45) is 0 Å². The number of nitrogens with zero attached hydrogens (tertiary/aromatic N) is 2. The van der Waals surface area contributed by atoms with E-state index in [2.05, 4.69) is 25.9 Å². The summed E-state index contributed by atoms with van der Waals surface area (Å²) < 4.78 is 2.11. The molecule has 0 bridgehead atoms. The lowest BCUT2D eigenvalue weighted by atomic mass is 10.6. The maximum Gasteiger partial charge on any atom is 0.332 e. The van der Waals surface area contributed by atoms with E-state index in [1.54, 1.807) is 18.5 Å². The Balaban J connectivity index is 0.000000720. The molecule has 2 rings (SSSR count). The average molecular weight is 250 g/mol. The van der Waals surface area contributed by atoms with Crippen molar-refractivity contribution in [2.45, 2.75) is 0 Å². The molecular weight excluding hydrogens is 245 g/mol. The summed E-state index contributed by atoms with van der Waals surface area (Å²) in [6.45, 7) is 0. The van der Waals surface area contributed by atoms with Crippen molar-refractivity contribution >= 4 is 34.0 Å². The third-order valence-corrected chi connectivity index (χ3v) is 1.95. The SMILES string of the molecule is Cl.O=c1[nH]ccc2ncc(Br)n12. The Kier molecular flexibility index (Phi) is 2.54. The number of halogens is 2. The lowest BCUT2D eigenvalue weighted by Gasteiger charge is -1.89. The fourth-order valence-electron chi connectivity index (χ4n) is 0.915. The molecule has 0 saturated carbocycles. The first kappa shape index (κ1) is 9.28. The number of nitrogens with one attached hydrogen (secondary N) is 1. The fraction of sp³-hybridized carbons (Fsp3) is 0. The zero-order chi connectivity index (χ0) is 7.84. The van der Waals surface area contributed by atoms with Gasteiger partial charge in [0.1, 0.15) is 10.3 Å². The standard InChI is InChI=1S/C6H4BrN3O.ClH/c7-4-3-9-5-1-2-8-6(11)10(4)5;/h1-3H,(H,8,11);1H. The van der Waals surface area contributed by atoms with Gasteiger partial charge in [0.25, 0.3) is 0 Å². The Morgan fingerprint density at radius 2 is 2.33 bits per heavy atom. The zero-order valence-electron chi connectivity index (χ0n) is 5.82. The maximum absolute atomic E-state index is 11.1. The largest absolute Gasteiger partial charge is 0.332 e. The summed E-state index contributed by atoms with van der Waals surface area (Å²) in [7, 11) is 0. The van der Waals surface area contributed by atoms with E-state index in [1.807, 2.05) is 0 Å². The van der Waals surface area contributed by atoms with Crippen LogP contribution in [0.3, 0.4) is 0 Å². The molecule has 6 heteroatoms. The van der Waals surface area contributed by atoms with Crippen LogP contribution in [0.25, 0.3) is 5.65 Å². The third kappa shape index (κ3) is 1.25. The molecule has 2 heterocycles. The van der Waals surface area contributed by atoms with Gasteiger partial charge in [-0.05, 0) is 22.0 Å². The highest BCUT2D eigenvalue weighted by atomic mass is 79.9. The van der Waals surface area contributed by atoms with E-state index >= 15 is 0 Å². The molecule has 0 atom stereocenters. The van der Waals surface area contributed by atoms with Crippen LogP contribution in [-0.2, 0) is 0 Å². The van der Waals surface area contributed by atoms with Gasteiger partial charge < -0.3 is 4.98 Å². The van der Waals surface area contributed by atoms with Crippen LogP contribution in [0.15, 0.2) is 27.9 Å². The lowest BCUT2D eigenvalue weighted by Crippen LogP contribution is -2.14. The molecule has 0 amide bonds. The van der Waals surface area contributed by atoms with Crippen LogP contribution < -0.4 is 5.69 Å². The monoisotopic (exact) mass is 249 g/mol. The van der Waals surface area contributed by atoms with Crippen LogP contribution in [0.4, 0.5) is 0 Å². The van der Waals surface area contributed by atoms with E-state index in [0.717, 1.165) is 0 Å². The van der Waals surface area contributed by atoms with Gasteiger partial charge in [-0.25, -0.2) is 14.2 Å². The number of imidazole rings is 1. The summed E-state index contributed by atoms with van der Waals surface area (Å²) in [5.74, 6) is 0. The summed E-state index contributed by atoms with van der Waals surface area (Å²) in [5.41, 5.74) is 0.451. The van der Waals surface area contributed by atoms with E-state index in [-0.39, 0.29) is 18.1 Å². The number of hydrogen-bond acceptors (Lipinski definition) is 2. The number of aromatic amines is 1. The summed E-state index contributed by atoms with van der Waals surface area (Å²) in [5, 5.41) is 0. The molecule has 0 aliphatic carbocycles. The average Bonchev–Trinajstić information content (AvgIpc) is 2.34. The van der Waals surface area contributed by atoms with Crippen molar-refractivity contribution in [2.75, 3.05) is 0 Å². The van der Waals surface area contributed by atoms with Gasteiger partial charge in [-0.1, -0.05) is 0 Å². The second-order valence-corrected chi connectivity index (χ2v) is 2.87. The summed E-state index contributed by atoms with van der Waals surface area (Å²) >= 11 is 3.20. The van der Waals surface area contributed by atoms with Gasteiger partial charge in [-0.2, -0.15) is 0 Å². The van der Waals surface area contributed by atoms with Crippen molar-refractivity contribution in [3.05, 3.63) is 33.5 Å². The highest BCUT2D eigenvalue weighted by molar-refractivity contribution is 9.10. The molecule has 0 saturated heterocycles. The number of hydrogen-bond donors (Lipinski definition) is 1. The van der Waals surface area contributed by atoms with Gasteiger partial charge in [0, 0.05) is 6.20 Å². The van der Waals surface area contributed by atoms with Crippen molar-refractivity contribution in [3.8, 4) is 0 Å². The molecule has 0 aliphatic rings. The number of fused-ring (bicyclic) bond motifs is 1. The van der Waals surface area contributed by atoms with Gasteiger partial charge in [-0.3, -0.25) is 0 Å². The second kappa shape index (κ2) is 3.28. The molecule has 2 aromatic rings. The fourth-order valence-corrected chi connectivity index (χ4v) is 1.36. The summed E-state index contributed by atoms with van der Waals surface area (Å²) in [4.78, 5) is 17.6. The van der Waals surface area contributed by atoms with E-state index in [9.17, 15) is 4.79 Å². The van der Waals surface area contributed by atoms with Crippen LogP contribution in [0.5, 0.6) is 0 Å². The molecule has 0 aromatic carbocycles. The molecule has 0 spiro atoms. The van der Waals surface area contributed by atoms with Crippen molar-refractivity contribution in [3.63, 3.8) is 0 Å². The van der Waals surface area contributed by atoms with Gasteiger partial charge in [0.15, 0.2) is 0 Å². The summed E-state index contributed by atoms with van der Waals surface area (Å²) in [6.07, 6.45) is 3.15. The molecule has 4 nitrogen and oxygen atoms in total. The second-order valence-electron chi connectivity index (χ2n) is 2.06. The quantitative estimate of drug-likeness (QED) is 0.764. The minimum Gasteiger partial charge on any atom is -0.314 e. The van der Waals surface area contributed by atoms with Gasteiger partial charge in [-0.15, -0.1) is 12.4 Å². The molecule has 2 aromatic heterocycles. The van der Waals surface area contributed by atoms with Crippen LogP contribution in [0.1, 0.15) is 0 Å². The van der Waals surface area contributed by atoms with E-state index in [1.165, 1.54) is 4.40 Å². The normalized spacial score (nSPS) is 9.75. The maximum atomic E-state index is 11.1. The minimum atomic E-state index is -0.188. The molecule has 0 fully saturated rings. The number of H-pyrrole nitrogens is 1. The van der Waals surface area contributed by atoms with Crippen molar-refractivity contribution < 1.29 is 0 Å². The first-order chi connectivity index (χ1) is 5.29. The molecule has 12 heavy (non-hydrogen) atoms. The van der Waals surface area contributed by atoms with Crippen LogP contribution in [0.2, 0.25) is 0 Å². The number of rotatable bonds is 0. The van der Waals surface area contributed by atoms with Crippen LogP contribution >= 0.6 is 28.3 Å². The highest BCUT2D eigenvalue weighted by Crippen LogP contribution is 2.07. The van der Waals surface area contributed by atoms with Crippen LogP contribution in [-0.4, -0.2) is 14.4 Å². The molecular formula is C6H5BrClN3O. The van der Waals surface area contributed by atoms with Crippen molar-refractivity contribution in [1.29, 1.82) is 0 Å². The first-order valence-electron chi connectivity index (χ1n) is 3.00. The smallest absolute Gasteiger partial charge is 0.314 e. The van der Waals surface area contributed by atoms with Crippen LogP contribution in [0, 0.1) is 0 Å².